The number of rotatable bonds is 5. The molecule has 10 heteroatoms. The van der Waals surface area contributed by atoms with E-state index in [1.807, 2.05) is 42.5 Å². The number of carbonyl (C=O) groups is 2. The van der Waals surface area contributed by atoms with Crippen molar-refractivity contribution >= 4 is 23.7 Å². The summed E-state index contributed by atoms with van der Waals surface area (Å²) in [5.41, 5.74) is 11.3. The molecule has 39 heavy (non-hydrogen) atoms. The number of nitrogens with two attached hydrogens (primary N) is 1. The summed E-state index contributed by atoms with van der Waals surface area (Å²) >= 11 is 0. The van der Waals surface area contributed by atoms with Crippen molar-refractivity contribution in [1.29, 1.82) is 0 Å². The molecule has 0 spiro atoms. The second-order valence-corrected chi connectivity index (χ2v) is 9.50. The van der Waals surface area contributed by atoms with Crippen LogP contribution in [0.5, 0.6) is 0 Å². The molecule has 4 aromatic heterocycles. The monoisotopic (exact) mass is 519 g/mol. The molecule has 3 N–H and O–H groups in total. The van der Waals surface area contributed by atoms with Crippen molar-refractivity contribution in [1.82, 2.24) is 29.5 Å². The molecule has 5 aromatic rings. The molecule has 1 aliphatic heterocycles. The number of hydrogen-bond acceptors (Lipinski definition) is 7. The van der Waals surface area contributed by atoms with E-state index in [0.29, 0.717) is 42.8 Å². The molecule has 6 rings (SSSR count). The van der Waals surface area contributed by atoms with Crippen molar-refractivity contribution in [3.05, 3.63) is 100 Å². The normalized spacial score (nSPS) is 14.0. The molecule has 1 saturated heterocycles. The highest BCUT2D eigenvalue weighted by atomic mass is 16.2. The van der Waals surface area contributed by atoms with Crippen molar-refractivity contribution in [2.45, 2.75) is 18.8 Å². The van der Waals surface area contributed by atoms with Gasteiger partial charge in [-0.1, -0.05) is 42.5 Å². The Morgan fingerprint density at radius 3 is 2.46 bits per heavy atom. The first kappa shape index (κ1) is 24.2. The molecule has 0 aliphatic carbocycles. The average Bonchev–Trinajstić information content (AvgIpc) is 3.42. The van der Waals surface area contributed by atoms with Crippen LogP contribution in [0.1, 0.15) is 45.3 Å². The number of aromatic amines is 1. The minimum atomic E-state index is -0.319. The summed E-state index contributed by atoms with van der Waals surface area (Å²) in [6.07, 6.45) is 5.38. The third-order valence-electron chi connectivity index (χ3n) is 7.18. The molecule has 1 aromatic carbocycles. The van der Waals surface area contributed by atoms with Crippen LogP contribution in [0.25, 0.3) is 28.0 Å². The number of nitrogen functional groups attached to an aromatic ring is 1. The molecular weight excluding hydrogens is 494 g/mol. The summed E-state index contributed by atoms with van der Waals surface area (Å²) in [6.45, 7) is 0.922. The molecule has 10 nitrogen and oxygen atoms in total. The highest BCUT2D eigenvalue weighted by Crippen LogP contribution is 2.34. The minimum Gasteiger partial charge on any atom is -0.383 e. The Balaban J connectivity index is 1.30. The standard InChI is InChI=1S/C29H25N7O3/c30-27-22(17-37)26(19-11-13-35(14-12-19)29(39)24-7-4-8-25(38)33-24)34-28-21(16-32-36(27)28)20-9-10-23(31-15-20)18-5-2-1-3-6-18/h1-10,15-17,19H,11-14,30H2,(H,33,38). The maximum absolute atomic E-state index is 12.9. The molecule has 1 aliphatic rings. The van der Waals surface area contributed by atoms with Crippen LogP contribution < -0.4 is 11.3 Å². The summed E-state index contributed by atoms with van der Waals surface area (Å²) < 4.78 is 1.48. The van der Waals surface area contributed by atoms with Gasteiger partial charge in [0.25, 0.3) is 5.91 Å². The van der Waals surface area contributed by atoms with Crippen molar-refractivity contribution < 1.29 is 9.59 Å². The van der Waals surface area contributed by atoms with E-state index in [9.17, 15) is 14.4 Å². The number of carbonyl (C=O) groups excluding carboxylic acids is 2. The lowest BCUT2D eigenvalue weighted by Gasteiger charge is -2.32. The van der Waals surface area contributed by atoms with Crippen LogP contribution in [0, 0.1) is 0 Å². The number of nitrogens with one attached hydrogen (secondary N) is 1. The number of piperidine rings is 1. The van der Waals surface area contributed by atoms with Gasteiger partial charge in [0.1, 0.15) is 11.5 Å². The molecule has 194 valence electrons. The average molecular weight is 520 g/mol. The molecule has 1 fully saturated rings. The topological polar surface area (TPSA) is 139 Å². The lowest BCUT2D eigenvalue weighted by atomic mass is 9.90. The Labute approximate surface area is 223 Å². The van der Waals surface area contributed by atoms with Crippen molar-refractivity contribution in [2.75, 3.05) is 18.8 Å². The maximum Gasteiger partial charge on any atom is 0.270 e. The van der Waals surface area contributed by atoms with Gasteiger partial charge in [-0.2, -0.15) is 9.61 Å². The fourth-order valence-electron chi connectivity index (χ4n) is 5.11. The van der Waals surface area contributed by atoms with Crippen LogP contribution in [-0.4, -0.2) is 54.7 Å². The van der Waals surface area contributed by atoms with Crippen molar-refractivity contribution in [3.8, 4) is 22.4 Å². The number of aromatic nitrogens is 5. The Morgan fingerprint density at radius 1 is 0.974 bits per heavy atom. The Kier molecular flexibility index (Phi) is 6.20. The molecule has 0 radical (unpaired) electrons. The zero-order valence-electron chi connectivity index (χ0n) is 20.9. The number of likely N-dealkylation sites (tertiary alicyclic amines) is 1. The number of amides is 1. The van der Waals surface area contributed by atoms with Crippen LogP contribution in [-0.2, 0) is 0 Å². The molecule has 0 atom stereocenters. The highest BCUT2D eigenvalue weighted by molar-refractivity contribution is 5.92. The first-order chi connectivity index (χ1) is 19.0. The van der Waals surface area contributed by atoms with Crippen LogP contribution in [0.4, 0.5) is 5.82 Å². The molecule has 0 saturated carbocycles. The van der Waals surface area contributed by atoms with Gasteiger partial charge >= 0.3 is 0 Å². The number of hydrogen-bond donors (Lipinski definition) is 2. The molecule has 0 unspecified atom stereocenters. The van der Waals surface area contributed by atoms with E-state index >= 15 is 0 Å². The largest absolute Gasteiger partial charge is 0.383 e. The van der Waals surface area contributed by atoms with E-state index in [1.54, 1.807) is 29.4 Å². The van der Waals surface area contributed by atoms with E-state index in [2.05, 4.69) is 15.1 Å². The second kappa shape index (κ2) is 9.97. The van der Waals surface area contributed by atoms with Gasteiger partial charge in [0, 0.05) is 48.0 Å². The van der Waals surface area contributed by atoms with Gasteiger partial charge in [0.15, 0.2) is 11.9 Å². The smallest absolute Gasteiger partial charge is 0.270 e. The van der Waals surface area contributed by atoms with Crippen molar-refractivity contribution in [2.24, 2.45) is 0 Å². The van der Waals surface area contributed by atoms with Crippen LogP contribution in [0.15, 0.2) is 77.9 Å². The van der Waals surface area contributed by atoms with Gasteiger partial charge in [-0.05, 0) is 25.0 Å². The number of anilines is 1. The van der Waals surface area contributed by atoms with Crippen molar-refractivity contribution in [3.63, 3.8) is 0 Å². The highest BCUT2D eigenvalue weighted by Gasteiger charge is 2.29. The fraction of sp³-hybridized carbons (Fsp3) is 0.172. The molecular formula is C29H25N7O3. The number of nitrogens with zero attached hydrogens (tertiary/aromatic N) is 5. The Bertz CT molecular complexity index is 1740. The van der Waals surface area contributed by atoms with Gasteiger partial charge < -0.3 is 15.6 Å². The predicted molar refractivity (Wildman–Crippen MR) is 146 cm³/mol. The summed E-state index contributed by atoms with van der Waals surface area (Å²) in [4.78, 5) is 50.4. The third-order valence-corrected chi connectivity index (χ3v) is 7.18. The zero-order chi connectivity index (χ0) is 26.9. The number of benzene rings is 1. The molecule has 5 heterocycles. The Hall–Kier alpha value is -5.12. The fourth-order valence-corrected chi connectivity index (χ4v) is 5.11. The summed E-state index contributed by atoms with van der Waals surface area (Å²) in [7, 11) is 0. The minimum absolute atomic E-state index is 0.0716. The predicted octanol–water partition coefficient (Wildman–Crippen LogP) is 3.56. The number of H-pyrrole nitrogens is 1. The van der Waals surface area contributed by atoms with Gasteiger partial charge in [0.2, 0.25) is 5.56 Å². The maximum atomic E-state index is 12.9. The lowest BCUT2D eigenvalue weighted by Crippen LogP contribution is -2.39. The summed E-state index contributed by atoms with van der Waals surface area (Å²) in [6, 6.07) is 18.4. The van der Waals surface area contributed by atoms with E-state index in [-0.39, 0.29) is 28.9 Å². The summed E-state index contributed by atoms with van der Waals surface area (Å²) in [5, 5.41) is 4.41. The summed E-state index contributed by atoms with van der Waals surface area (Å²) in [5.74, 6) is -0.0719. The number of fused-ring (bicyclic) bond motifs is 1. The van der Waals surface area contributed by atoms with E-state index in [0.717, 1.165) is 28.7 Å². The second-order valence-electron chi connectivity index (χ2n) is 9.50. The molecule has 1 amide bonds. The quantitative estimate of drug-likeness (QED) is 0.339. The van der Waals surface area contributed by atoms with Gasteiger partial charge in [0.05, 0.1) is 23.1 Å². The molecule has 0 bridgehead atoms. The van der Waals surface area contributed by atoms with Gasteiger partial charge in [-0.15, -0.1) is 0 Å². The zero-order valence-corrected chi connectivity index (χ0v) is 20.9. The Morgan fingerprint density at radius 2 is 1.77 bits per heavy atom. The van der Waals surface area contributed by atoms with Crippen LogP contribution in [0.2, 0.25) is 0 Å². The third kappa shape index (κ3) is 4.46. The van der Waals surface area contributed by atoms with E-state index < -0.39 is 0 Å². The number of aldehydes is 1. The van der Waals surface area contributed by atoms with Gasteiger partial charge in [-0.25, -0.2) is 4.98 Å². The first-order valence-corrected chi connectivity index (χ1v) is 12.7. The first-order valence-electron chi connectivity index (χ1n) is 12.7. The van der Waals surface area contributed by atoms with Crippen LogP contribution >= 0.6 is 0 Å². The SMILES string of the molecule is Nc1c(C=O)c(C2CCN(C(=O)c3cccc(=O)[nH]3)CC2)nc2c(-c3ccc(-c4ccccc4)nc3)cnn12. The number of pyridine rings is 2. The van der Waals surface area contributed by atoms with E-state index in [4.69, 9.17) is 10.7 Å². The lowest BCUT2D eigenvalue weighted by molar-refractivity contribution is 0.0705. The van der Waals surface area contributed by atoms with Crippen LogP contribution in [0.3, 0.4) is 0 Å². The van der Waals surface area contributed by atoms with Gasteiger partial charge in [-0.3, -0.25) is 19.4 Å². The van der Waals surface area contributed by atoms with E-state index in [1.165, 1.54) is 10.6 Å².